The second-order valence-electron chi connectivity index (χ2n) is 5.61. The van der Waals surface area contributed by atoms with Crippen molar-refractivity contribution in [2.45, 2.75) is 13.0 Å². The van der Waals surface area contributed by atoms with Crippen molar-refractivity contribution in [3.63, 3.8) is 0 Å². The van der Waals surface area contributed by atoms with Crippen molar-refractivity contribution < 1.29 is 22.8 Å². The van der Waals surface area contributed by atoms with Gasteiger partial charge in [-0.3, -0.25) is 4.79 Å². The number of rotatable bonds is 6. The molecule has 1 amide bonds. The molecule has 134 valence electrons. The van der Waals surface area contributed by atoms with Gasteiger partial charge >= 0.3 is 0 Å². The zero-order valence-electron chi connectivity index (χ0n) is 14.0. The molecule has 3 rings (SSSR count). The number of nitrogens with one attached hydrogen (secondary N) is 1. The maximum atomic E-state index is 13.8. The predicted molar refractivity (Wildman–Crippen MR) is 90.4 cm³/mol. The summed E-state index contributed by atoms with van der Waals surface area (Å²) in [7, 11) is 1.57. The second-order valence-corrected chi connectivity index (χ2v) is 5.61. The average Bonchev–Trinajstić information content (AvgIpc) is 3.08. The quantitative estimate of drug-likeness (QED) is 0.733. The molecule has 26 heavy (non-hydrogen) atoms. The maximum absolute atomic E-state index is 13.8. The number of benzene rings is 2. The van der Waals surface area contributed by atoms with Crippen LogP contribution in [-0.2, 0) is 17.8 Å². The number of aromatic nitrogens is 1. The van der Waals surface area contributed by atoms with Crippen molar-refractivity contribution in [1.82, 2.24) is 10.5 Å². The summed E-state index contributed by atoms with van der Waals surface area (Å²) in [6, 6.07) is 12.0. The molecular formula is C19H16F2N2O3. The Morgan fingerprint density at radius 3 is 2.81 bits per heavy atom. The highest BCUT2D eigenvalue weighted by atomic mass is 19.1. The van der Waals surface area contributed by atoms with Gasteiger partial charge < -0.3 is 14.6 Å². The van der Waals surface area contributed by atoms with Gasteiger partial charge in [0.05, 0.1) is 24.8 Å². The Labute approximate surface area is 148 Å². The standard InChI is InChI=1S/C19H16F2N2O3/c1-25-15-4-2-3-12(7-15)11-22-19(24)10-14-9-18(26-23-14)16-6-5-13(20)8-17(16)21/h2-9H,10-11H2,1H3,(H,22,24). The minimum Gasteiger partial charge on any atom is -0.497 e. The van der Waals surface area contributed by atoms with Crippen LogP contribution in [0.1, 0.15) is 11.3 Å². The summed E-state index contributed by atoms with van der Waals surface area (Å²) in [5.74, 6) is -0.845. The van der Waals surface area contributed by atoms with Gasteiger partial charge in [-0.2, -0.15) is 0 Å². The number of ether oxygens (including phenoxy) is 1. The molecule has 0 unspecified atom stereocenters. The van der Waals surface area contributed by atoms with Crippen molar-refractivity contribution in [2.75, 3.05) is 7.11 Å². The van der Waals surface area contributed by atoms with Crippen molar-refractivity contribution in [3.05, 3.63) is 71.4 Å². The summed E-state index contributed by atoms with van der Waals surface area (Å²) in [5, 5.41) is 6.53. The number of carbonyl (C=O) groups excluding carboxylic acids is 1. The van der Waals surface area contributed by atoms with Gasteiger partial charge in [-0.1, -0.05) is 17.3 Å². The third-order valence-corrected chi connectivity index (χ3v) is 3.72. The van der Waals surface area contributed by atoms with Crippen LogP contribution in [0.3, 0.4) is 0 Å². The van der Waals surface area contributed by atoms with Crippen molar-refractivity contribution in [1.29, 1.82) is 0 Å². The third kappa shape index (κ3) is 4.24. The van der Waals surface area contributed by atoms with Crippen LogP contribution in [0.2, 0.25) is 0 Å². The van der Waals surface area contributed by atoms with Crippen LogP contribution >= 0.6 is 0 Å². The lowest BCUT2D eigenvalue weighted by Gasteiger charge is -2.06. The van der Waals surface area contributed by atoms with E-state index in [9.17, 15) is 13.6 Å². The molecule has 0 saturated heterocycles. The lowest BCUT2D eigenvalue weighted by Crippen LogP contribution is -2.24. The Kier molecular flexibility index (Phi) is 5.26. The fourth-order valence-corrected chi connectivity index (χ4v) is 2.42. The molecule has 3 aromatic rings. The van der Waals surface area contributed by atoms with E-state index in [2.05, 4.69) is 10.5 Å². The van der Waals surface area contributed by atoms with Gasteiger partial charge in [-0.05, 0) is 29.8 Å². The molecule has 2 aromatic carbocycles. The summed E-state index contributed by atoms with van der Waals surface area (Å²) in [6.07, 6.45) is -0.0176. The largest absolute Gasteiger partial charge is 0.497 e. The fourth-order valence-electron chi connectivity index (χ4n) is 2.42. The van der Waals surface area contributed by atoms with Crippen LogP contribution in [0.4, 0.5) is 8.78 Å². The molecule has 1 aromatic heterocycles. The molecule has 1 heterocycles. The third-order valence-electron chi connectivity index (χ3n) is 3.72. The number of methoxy groups -OCH3 is 1. The van der Waals surface area contributed by atoms with E-state index in [1.165, 1.54) is 12.1 Å². The van der Waals surface area contributed by atoms with Crippen molar-refractivity contribution in [2.24, 2.45) is 0 Å². The lowest BCUT2D eigenvalue weighted by molar-refractivity contribution is -0.120. The van der Waals surface area contributed by atoms with E-state index in [-0.39, 0.29) is 23.7 Å². The van der Waals surface area contributed by atoms with E-state index in [0.29, 0.717) is 18.0 Å². The Morgan fingerprint density at radius 1 is 1.19 bits per heavy atom. The van der Waals surface area contributed by atoms with Gasteiger partial charge in [0, 0.05) is 18.7 Å². The first-order valence-electron chi connectivity index (χ1n) is 7.86. The first-order chi connectivity index (χ1) is 12.5. The van der Waals surface area contributed by atoms with Crippen LogP contribution in [0.15, 0.2) is 53.1 Å². The Morgan fingerprint density at radius 2 is 2.04 bits per heavy atom. The topological polar surface area (TPSA) is 64.4 Å². The summed E-state index contributed by atoms with van der Waals surface area (Å²) < 4.78 is 36.9. The molecular weight excluding hydrogens is 342 g/mol. The van der Waals surface area contributed by atoms with E-state index in [0.717, 1.165) is 17.7 Å². The zero-order chi connectivity index (χ0) is 18.5. The molecule has 0 aliphatic carbocycles. The molecule has 5 nitrogen and oxygen atoms in total. The van der Waals surface area contributed by atoms with Crippen molar-refractivity contribution >= 4 is 5.91 Å². The van der Waals surface area contributed by atoms with E-state index in [1.807, 2.05) is 24.3 Å². The molecule has 0 aliphatic rings. The summed E-state index contributed by atoms with van der Waals surface area (Å²) in [5.41, 5.74) is 1.33. The minimum atomic E-state index is -0.754. The normalized spacial score (nSPS) is 10.6. The Balaban J connectivity index is 1.60. The van der Waals surface area contributed by atoms with Crippen LogP contribution in [0.5, 0.6) is 5.75 Å². The van der Waals surface area contributed by atoms with Crippen molar-refractivity contribution in [3.8, 4) is 17.1 Å². The molecule has 0 bridgehead atoms. The van der Waals surface area contributed by atoms with E-state index >= 15 is 0 Å². The fraction of sp³-hybridized carbons (Fsp3) is 0.158. The van der Waals surface area contributed by atoms with Gasteiger partial charge in [-0.15, -0.1) is 0 Å². The van der Waals surface area contributed by atoms with E-state index in [1.54, 1.807) is 7.11 Å². The van der Waals surface area contributed by atoms with Gasteiger partial charge in [0.15, 0.2) is 5.76 Å². The Bertz CT molecular complexity index is 925. The molecule has 0 spiro atoms. The van der Waals surface area contributed by atoms with Crippen LogP contribution < -0.4 is 10.1 Å². The minimum absolute atomic E-state index is 0.0176. The molecule has 0 aliphatic heterocycles. The number of nitrogens with zero attached hydrogens (tertiary/aromatic N) is 1. The average molecular weight is 358 g/mol. The zero-order valence-corrected chi connectivity index (χ0v) is 14.0. The predicted octanol–water partition coefficient (Wildman–Crippen LogP) is 3.49. The molecule has 0 atom stereocenters. The number of hydrogen-bond acceptors (Lipinski definition) is 4. The highest BCUT2D eigenvalue weighted by Crippen LogP contribution is 2.24. The smallest absolute Gasteiger partial charge is 0.226 e. The highest BCUT2D eigenvalue weighted by molar-refractivity contribution is 5.78. The SMILES string of the molecule is COc1cccc(CNC(=O)Cc2cc(-c3ccc(F)cc3F)on2)c1. The molecule has 7 heteroatoms. The number of carbonyl (C=O) groups is 1. The first kappa shape index (κ1) is 17.6. The van der Waals surface area contributed by atoms with Crippen LogP contribution in [-0.4, -0.2) is 18.2 Å². The van der Waals surface area contributed by atoms with E-state index in [4.69, 9.17) is 9.26 Å². The maximum Gasteiger partial charge on any atom is 0.226 e. The summed E-state index contributed by atoms with van der Waals surface area (Å²) in [6.45, 7) is 0.341. The molecule has 0 radical (unpaired) electrons. The number of halogens is 2. The molecule has 1 N–H and O–H groups in total. The van der Waals surface area contributed by atoms with Crippen LogP contribution in [0.25, 0.3) is 11.3 Å². The monoisotopic (exact) mass is 358 g/mol. The summed E-state index contributed by atoms with van der Waals surface area (Å²) in [4.78, 5) is 12.0. The number of hydrogen-bond donors (Lipinski definition) is 1. The van der Waals surface area contributed by atoms with Gasteiger partial charge in [0.2, 0.25) is 5.91 Å². The number of amides is 1. The first-order valence-corrected chi connectivity index (χ1v) is 7.86. The van der Waals surface area contributed by atoms with Gasteiger partial charge in [-0.25, -0.2) is 8.78 Å². The molecule has 0 saturated carbocycles. The Hall–Kier alpha value is -3.22. The highest BCUT2D eigenvalue weighted by Gasteiger charge is 2.14. The van der Waals surface area contributed by atoms with Gasteiger partial charge in [0.25, 0.3) is 0 Å². The molecule has 0 fully saturated rings. The second kappa shape index (κ2) is 7.77. The lowest BCUT2D eigenvalue weighted by atomic mass is 10.1. The van der Waals surface area contributed by atoms with E-state index < -0.39 is 11.6 Å². The van der Waals surface area contributed by atoms with Gasteiger partial charge in [0.1, 0.15) is 17.4 Å². The summed E-state index contributed by atoms with van der Waals surface area (Å²) >= 11 is 0. The van der Waals surface area contributed by atoms with Crippen LogP contribution in [0, 0.1) is 11.6 Å².